The fourth-order valence-electron chi connectivity index (χ4n) is 3.56. The minimum Gasteiger partial charge on any atom is -0.204 e. The van der Waals surface area contributed by atoms with Gasteiger partial charge < -0.3 is 0 Å². The number of aryl methyl sites for hydroxylation is 1. The molecule has 0 N–H and O–H groups in total. The van der Waals surface area contributed by atoms with Gasteiger partial charge in [-0.1, -0.05) is 73.4 Å². The highest BCUT2D eigenvalue weighted by molar-refractivity contribution is 5.93. The van der Waals surface area contributed by atoms with Gasteiger partial charge in [0.15, 0.2) is 17.5 Å². The van der Waals surface area contributed by atoms with Crippen LogP contribution in [-0.4, -0.2) is 0 Å². The van der Waals surface area contributed by atoms with E-state index in [4.69, 9.17) is 0 Å². The maximum atomic E-state index is 13.5. The first-order valence-electron chi connectivity index (χ1n) is 10.8. The molecule has 33 heavy (non-hydrogen) atoms. The molecule has 0 radical (unpaired) electrons. The van der Waals surface area contributed by atoms with E-state index in [9.17, 15) is 13.2 Å². The molecule has 0 aliphatic carbocycles. The summed E-state index contributed by atoms with van der Waals surface area (Å²) in [6, 6.07) is 21.6. The molecule has 0 atom stereocenters. The first-order valence-corrected chi connectivity index (χ1v) is 10.8. The highest BCUT2D eigenvalue weighted by Gasteiger charge is 2.09. The molecular formula is C30H21F3. The molecule has 4 aromatic carbocycles. The molecule has 0 aliphatic heterocycles. The standard InChI is InChI=1S/C30H21F3/c1-2-3-6-21-9-11-22(12-10-21)13-15-24-17-18-25(27-8-5-4-7-26(24)27)16-14-23-19-28(31)30(33)29(32)20-23/h4-5,7-12,17-20H,2-3,6H2,1H3. The van der Waals surface area contributed by atoms with Crippen molar-refractivity contribution in [3.8, 4) is 23.7 Å². The van der Waals surface area contributed by atoms with Gasteiger partial charge in [-0.2, -0.15) is 0 Å². The van der Waals surface area contributed by atoms with E-state index in [1.54, 1.807) is 0 Å². The third-order valence-electron chi connectivity index (χ3n) is 5.36. The van der Waals surface area contributed by atoms with Crippen LogP contribution in [0, 0.1) is 41.1 Å². The summed E-state index contributed by atoms with van der Waals surface area (Å²) in [5.74, 6) is 8.14. The van der Waals surface area contributed by atoms with E-state index >= 15 is 0 Å². The van der Waals surface area contributed by atoms with Crippen molar-refractivity contribution in [2.24, 2.45) is 0 Å². The van der Waals surface area contributed by atoms with E-state index < -0.39 is 17.5 Å². The van der Waals surface area contributed by atoms with Crippen LogP contribution in [0.2, 0.25) is 0 Å². The van der Waals surface area contributed by atoms with Gasteiger partial charge in [-0.15, -0.1) is 0 Å². The molecule has 4 rings (SSSR count). The van der Waals surface area contributed by atoms with Crippen molar-refractivity contribution in [1.29, 1.82) is 0 Å². The molecule has 0 heterocycles. The first kappa shape index (κ1) is 22.3. The van der Waals surface area contributed by atoms with E-state index in [1.807, 2.05) is 48.5 Å². The summed E-state index contributed by atoms with van der Waals surface area (Å²) in [5.41, 5.74) is 3.90. The van der Waals surface area contributed by atoms with Crippen LogP contribution in [0.15, 0.2) is 72.8 Å². The molecule has 0 fully saturated rings. The molecule has 0 spiro atoms. The van der Waals surface area contributed by atoms with Gasteiger partial charge in [0.1, 0.15) is 0 Å². The molecule has 0 unspecified atom stereocenters. The molecule has 0 aliphatic rings. The van der Waals surface area contributed by atoms with E-state index in [-0.39, 0.29) is 5.56 Å². The second-order valence-electron chi connectivity index (χ2n) is 7.76. The summed E-state index contributed by atoms with van der Waals surface area (Å²) in [5, 5.41) is 1.82. The van der Waals surface area contributed by atoms with Gasteiger partial charge >= 0.3 is 0 Å². The average Bonchev–Trinajstić information content (AvgIpc) is 2.84. The third kappa shape index (κ3) is 5.28. The maximum absolute atomic E-state index is 13.5. The Hall–Kier alpha value is -3.95. The van der Waals surface area contributed by atoms with E-state index in [2.05, 4.69) is 42.7 Å². The number of hydrogen-bond acceptors (Lipinski definition) is 0. The van der Waals surface area contributed by atoms with E-state index in [0.717, 1.165) is 40.5 Å². The predicted molar refractivity (Wildman–Crippen MR) is 127 cm³/mol. The van der Waals surface area contributed by atoms with Crippen LogP contribution >= 0.6 is 0 Å². The molecule has 4 aromatic rings. The summed E-state index contributed by atoms with van der Waals surface area (Å²) < 4.78 is 40.1. The highest BCUT2D eigenvalue weighted by atomic mass is 19.2. The first-order chi connectivity index (χ1) is 16.0. The molecule has 0 bridgehead atoms. The number of hydrogen-bond donors (Lipinski definition) is 0. The number of rotatable bonds is 3. The van der Waals surface area contributed by atoms with Gasteiger partial charge in [0, 0.05) is 22.3 Å². The zero-order valence-corrected chi connectivity index (χ0v) is 18.2. The third-order valence-corrected chi connectivity index (χ3v) is 5.36. The summed E-state index contributed by atoms with van der Waals surface area (Å²) >= 11 is 0. The van der Waals surface area contributed by atoms with E-state index in [1.165, 1.54) is 18.4 Å². The molecule has 0 saturated carbocycles. The largest absolute Gasteiger partial charge is 0.204 e. The zero-order valence-electron chi connectivity index (χ0n) is 18.2. The average molecular weight is 438 g/mol. The van der Waals surface area contributed by atoms with Crippen molar-refractivity contribution < 1.29 is 13.2 Å². The highest BCUT2D eigenvalue weighted by Crippen LogP contribution is 2.22. The topological polar surface area (TPSA) is 0 Å². The Kier molecular flexibility index (Phi) is 6.82. The monoisotopic (exact) mass is 438 g/mol. The Balaban J connectivity index is 1.65. The van der Waals surface area contributed by atoms with Gasteiger partial charge in [0.05, 0.1) is 0 Å². The summed E-state index contributed by atoms with van der Waals surface area (Å²) in [6.07, 6.45) is 3.43. The van der Waals surface area contributed by atoms with Crippen LogP contribution in [0.3, 0.4) is 0 Å². The molecule has 162 valence electrons. The predicted octanol–water partition coefficient (Wildman–Crippen LogP) is 7.40. The minimum atomic E-state index is -1.50. The van der Waals surface area contributed by atoms with Crippen molar-refractivity contribution >= 4 is 10.8 Å². The van der Waals surface area contributed by atoms with Crippen molar-refractivity contribution in [2.45, 2.75) is 26.2 Å². The quantitative estimate of drug-likeness (QED) is 0.231. The lowest BCUT2D eigenvalue weighted by Crippen LogP contribution is -1.92. The molecule has 0 nitrogen and oxygen atoms in total. The lowest BCUT2D eigenvalue weighted by molar-refractivity contribution is 0.446. The van der Waals surface area contributed by atoms with Crippen LogP contribution in [0.5, 0.6) is 0 Å². The Morgan fingerprint density at radius 2 is 1.18 bits per heavy atom. The summed E-state index contributed by atoms with van der Waals surface area (Å²) in [4.78, 5) is 0. The van der Waals surface area contributed by atoms with Crippen molar-refractivity contribution in [1.82, 2.24) is 0 Å². The normalized spacial score (nSPS) is 10.3. The van der Waals surface area contributed by atoms with E-state index in [0.29, 0.717) is 5.56 Å². The van der Waals surface area contributed by atoms with Crippen LogP contribution < -0.4 is 0 Å². The summed E-state index contributed by atoms with van der Waals surface area (Å²) in [6.45, 7) is 2.18. The number of halogens is 3. The second-order valence-corrected chi connectivity index (χ2v) is 7.76. The Morgan fingerprint density at radius 1 is 0.636 bits per heavy atom. The van der Waals surface area contributed by atoms with Gasteiger partial charge in [-0.3, -0.25) is 0 Å². The van der Waals surface area contributed by atoms with Gasteiger partial charge in [-0.05, 0) is 65.6 Å². The van der Waals surface area contributed by atoms with Crippen LogP contribution in [-0.2, 0) is 6.42 Å². The Bertz CT molecular complexity index is 1400. The SMILES string of the molecule is CCCCc1ccc(C#Cc2ccc(C#Cc3cc(F)c(F)c(F)c3)c3ccccc23)cc1. The van der Waals surface area contributed by atoms with Crippen LogP contribution in [0.25, 0.3) is 10.8 Å². The number of unbranched alkanes of at least 4 members (excludes halogenated alkanes) is 1. The zero-order chi connectivity index (χ0) is 23.2. The number of fused-ring (bicyclic) bond motifs is 1. The minimum absolute atomic E-state index is 0.0710. The van der Waals surface area contributed by atoms with Gasteiger partial charge in [-0.25, -0.2) is 13.2 Å². The second kappa shape index (κ2) is 10.1. The molecule has 3 heteroatoms. The molecular weight excluding hydrogens is 417 g/mol. The van der Waals surface area contributed by atoms with Gasteiger partial charge in [0.25, 0.3) is 0 Å². The van der Waals surface area contributed by atoms with Crippen molar-refractivity contribution in [3.63, 3.8) is 0 Å². The van der Waals surface area contributed by atoms with Crippen molar-refractivity contribution in [3.05, 3.63) is 118 Å². The van der Waals surface area contributed by atoms with Gasteiger partial charge in [0.2, 0.25) is 0 Å². The molecule has 0 saturated heterocycles. The summed E-state index contributed by atoms with van der Waals surface area (Å²) in [7, 11) is 0. The Labute approximate surface area is 192 Å². The fraction of sp³-hybridized carbons (Fsp3) is 0.133. The molecule has 0 amide bonds. The lowest BCUT2D eigenvalue weighted by atomic mass is 9.99. The van der Waals surface area contributed by atoms with Crippen molar-refractivity contribution in [2.75, 3.05) is 0 Å². The lowest BCUT2D eigenvalue weighted by Gasteiger charge is -2.04. The molecule has 0 aromatic heterocycles. The van der Waals surface area contributed by atoms with Crippen LogP contribution in [0.4, 0.5) is 13.2 Å². The fourth-order valence-corrected chi connectivity index (χ4v) is 3.56. The maximum Gasteiger partial charge on any atom is 0.194 e. The smallest absolute Gasteiger partial charge is 0.194 e. The Morgan fingerprint density at radius 3 is 1.73 bits per heavy atom. The van der Waals surface area contributed by atoms with Crippen LogP contribution in [0.1, 0.15) is 47.6 Å². The number of benzene rings is 4.